The Balaban J connectivity index is 2.31. The number of likely N-dealkylation sites (N-methyl/N-ethyl adjacent to an activating group) is 1. The van der Waals surface area contributed by atoms with Crippen LogP contribution in [0.1, 0.15) is 24.5 Å². The maximum absolute atomic E-state index is 13.1. The molecular formula is C20H21Cl2FN2O2. The predicted molar refractivity (Wildman–Crippen MR) is 105 cm³/mol. The lowest BCUT2D eigenvalue weighted by Gasteiger charge is -2.30. The third kappa shape index (κ3) is 5.68. The lowest BCUT2D eigenvalue weighted by molar-refractivity contribution is -0.140. The second-order valence-corrected chi connectivity index (χ2v) is 6.94. The van der Waals surface area contributed by atoms with Crippen molar-refractivity contribution in [1.82, 2.24) is 10.2 Å². The Morgan fingerprint density at radius 2 is 1.81 bits per heavy atom. The van der Waals surface area contributed by atoms with Crippen LogP contribution in [0.5, 0.6) is 0 Å². The van der Waals surface area contributed by atoms with E-state index in [0.29, 0.717) is 27.6 Å². The minimum Gasteiger partial charge on any atom is -0.357 e. The van der Waals surface area contributed by atoms with Crippen molar-refractivity contribution in [1.29, 1.82) is 0 Å². The van der Waals surface area contributed by atoms with Crippen molar-refractivity contribution in [2.24, 2.45) is 0 Å². The van der Waals surface area contributed by atoms with Gasteiger partial charge in [-0.2, -0.15) is 0 Å². The van der Waals surface area contributed by atoms with Crippen molar-refractivity contribution in [2.75, 3.05) is 7.05 Å². The molecule has 0 aliphatic rings. The standard InChI is InChI=1S/C20H21Cl2FN2O2/c1-3-18(20(27)24-2)25(12-14-6-7-15(21)11-17(14)22)19(26)10-13-4-8-16(23)9-5-13/h4-9,11,18H,3,10,12H2,1-2H3,(H,24,27)/t18-/m0/s1. The highest BCUT2D eigenvalue weighted by atomic mass is 35.5. The summed E-state index contributed by atoms with van der Waals surface area (Å²) in [6.07, 6.45) is 0.499. The second kappa shape index (κ2) is 9.72. The molecule has 0 aromatic heterocycles. The fourth-order valence-corrected chi connectivity index (χ4v) is 3.27. The zero-order chi connectivity index (χ0) is 20.0. The van der Waals surface area contributed by atoms with Gasteiger partial charge >= 0.3 is 0 Å². The Morgan fingerprint density at radius 3 is 2.37 bits per heavy atom. The summed E-state index contributed by atoms with van der Waals surface area (Å²) in [7, 11) is 1.53. The van der Waals surface area contributed by atoms with Crippen LogP contribution in [0.25, 0.3) is 0 Å². The van der Waals surface area contributed by atoms with E-state index in [-0.39, 0.29) is 30.6 Å². The first-order valence-electron chi connectivity index (χ1n) is 8.55. The fourth-order valence-electron chi connectivity index (χ4n) is 2.80. The number of nitrogens with zero attached hydrogens (tertiary/aromatic N) is 1. The van der Waals surface area contributed by atoms with Gasteiger partial charge in [-0.15, -0.1) is 0 Å². The molecule has 0 radical (unpaired) electrons. The summed E-state index contributed by atoms with van der Waals surface area (Å²) in [4.78, 5) is 26.8. The Hall–Kier alpha value is -2.11. The molecule has 2 aromatic rings. The SMILES string of the molecule is CC[C@@H](C(=O)NC)N(Cc1ccc(Cl)cc1Cl)C(=O)Cc1ccc(F)cc1. The maximum atomic E-state index is 13.1. The third-order valence-corrected chi connectivity index (χ3v) is 4.84. The van der Waals surface area contributed by atoms with E-state index in [0.717, 1.165) is 0 Å². The van der Waals surface area contributed by atoms with Gasteiger partial charge in [0, 0.05) is 23.6 Å². The van der Waals surface area contributed by atoms with Gasteiger partial charge in [0.15, 0.2) is 0 Å². The summed E-state index contributed by atoms with van der Waals surface area (Å²) in [6, 6.07) is 10.1. The number of amides is 2. The number of carbonyl (C=O) groups is 2. The van der Waals surface area contributed by atoms with Crippen molar-refractivity contribution < 1.29 is 14.0 Å². The van der Waals surface area contributed by atoms with Crippen LogP contribution in [0.2, 0.25) is 10.0 Å². The smallest absolute Gasteiger partial charge is 0.242 e. The summed E-state index contributed by atoms with van der Waals surface area (Å²) in [5.74, 6) is -0.870. The fraction of sp³-hybridized carbons (Fsp3) is 0.300. The molecule has 0 aliphatic heterocycles. The number of rotatable bonds is 7. The lowest BCUT2D eigenvalue weighted by atomic mass is 10.1. The molecule has 144 valence electrons. The molecule has 0 bridgehead atoms. The zero-order valence-corrected chi connectivity index (χ0v) is 16.6. The summed E-state index contributed by atoms with van der Waals surface area (Å²) >= 11 is 12.2. The first-order chi connectivity index (χ1) is 12.8. The third-order valence-electron chi connectivity index (χ3n) is 4.26. The van der Waals surface area contributed by atoms with Gasteiger partial charge in [-0.05, 0) is 41.8 Å². The van der Waals surface area contributed by atoms with E-state index in [2.05, 4.69) is 5.32 Å². The van der Waals surface area contributed by atoms with E-state index < -0.39 is 6.04 Å². The van der Waals surface area contributed by atoms with Crippen molar-refractivity contribution in [3.05, 3.63) is 69.5 Å². The van der Waals surface area contributed by atoms with Crippen molar-refractivity contribution >= 4 is 35.0 Å². The molecule has 0 aliphatic carbocycles. The van der Waals surface area contributed by atoms with E-state index in [1.807, 2.05) is 6.92 Å². The van der Waals surface area contributed by atoms with Gasteiger partial charge in [-0.1, -0.05) is 48.3 Å². The number of benzene rings is 2. The zero-order valence-electron chi connectivity index (χ0n) is 15.1. The summed E-state index contributed by atoms with van der Waals surface area (Å²) in [5, 5.41) is 3.51. The Labute approximate surface area is 168 Å². The van der Waals surface area contributed by atoms with Gasteiger partial charge in [0.05, 0.1) is 6.42 Å². The Bertz CT molecular complexity index is 812. The average molecular weight is 411 g/mol. The van der Waals surface area contributed by atoms with Gasteiger partial charge in [0.1, 0.15) is 11.9 Å². The van der Waals surface area contributed by atoms with Crippen LogP contribution >= 0.6 is 23.2 Å². The van der Waals surface area contributed by atoms with Crippen LogP contribution < -0.4 is 5.32 Å². The highest BCUT2D eigenvalue weighted by Crippen LogP contribution is 2.24. The average Bonchev–Trinajstić information content (AvgIpc) is 2.64. The molecule has 1 atom stereocenters. The van der Waals surface area contributed by atoms with Crippen LogP contribution in [-0.4, -0.2) is 29.8 Å². The van der Waals surface area contributed by atoms with E-state index in [9.17, 15) is 14.0 Å². The summed E-state index contributed by atoms with van der Waals surface area (Å²) < 4.78 is 13.1. The number of nitrogens with one attached hydrogen (secondary N) is 1. The molecule has 4 nitrogen and oxygen atoms in total. The summed E-state index contributed by atoms with van der Waals surface area (Å²) in [5.41, 5.74) is 1.36. The van der Waals surface area contributed by atoms with E-state index in [1.165, 1.54) is 24.1 Å². The van der Waals surface area contributed by atoms with Gasteiger partial charge in [-0.3, -0.25) is 9.59 Å². The minimum atomic E-state index is -0.644. The van der Waals surface area contributed by atoms with E-state index in [1.54, 1.807) is 30.3 Å². The van der Waals surface area contributed by atoms with Crippen molar-refractivity contribution in [2.45, 2.75) is 32.4 Å². The molecule has 0 fully saturated rings. The molecule has 0 saturated heterocycles. The molecule has 2 rings (SSSR count). The topological polar surface area (TPSA) is 49.4 Å². The van der Waals surface area contributed by atoms with E-state index in [4.69, 9.17) is 23.2 Å². The molecule has 0 saturated carbocycles. The highest BCUT2D eigenvalue weighted by Gasteiger charge is 2.28. The molecule has 2 amide bonds. The van der Waals surface area contributed by atoms with Gasteiger partial charge in [0.2, 0.25) is 11.8 Å². The van der Waals surface area contributed by atoms with Crippen molar-refractivity contribution in [3.8, 4) is 0 Å². The monoisotopic (exact) mass is 410 g/mol. The maximum Gasteiger partial charge on any atom is 0.242 e. The second-order valence-electron chi connectivity index (χ2n) is 6.10. The van der Waals surface area contributed by atoms with Gasteiger partial charge < -0.3 is 10.2 Å². The van der Waals surface area contributed by atoms with Crippen LogP contribution in [0, 0.1) is 5.82 Å². The quantitative estimate of drug-likeness (QED) is 0.742. The molecule has 0 spiro atoms. The number of hydrogen-bond donors (Lipinski definition) is 1. The number of carbonyl (C=O) groups excluding carboxylic acids is 2. The van der Waals surface area contributed by atoms with Crippen LogP contribution in [0.3, 0.4) is 0 Å². The number of halogens is 3. The first-order valence-corrected chi connectivity index (χ1v) is 9.30. The van der Waals surface area contributed by atoms with Crippen LogP contribution in [-0.2, 0) is 22.6 Å². The first kappa shape index (κ1) is 21.2. The Kier molecular flexibility index (Phi) is 7.63. The predicted octanol–water partition coefficient (Wildman–Crippen LogP) is 4.23. The molecule has 7 heteroatoms. The molecule has 0 unspecified atom stereocenters. The van der Waals surface area contributed by atoms with Gasteiger partial charge in [-0.25, -0.2) is 4.39 Å². The molecule has 1 N–H and O–H groups in total. The Morgan fingerprint density at radius 1 is 1.15 bits per heavy atom. The molecule has 0 heterocycles. The van der Waals surface area contributed by atoms with Crippen molar-refractivity contribution in [3.63, 3.8) is 0 Å². The molecule has 2 aromatic carbocycles. The largest absolute Gasteiger partial charge is 0.357 e. The highest BCUT2D eigenvalue weighted by molar-refractivity contribution is 6.35. The minimum absolute atomic E-state index is 0.0545. The molecular weight excluding hydrogens is 390 g/mol. The van der Waals surface area contributed by atoms with E-state index >= 15 is 0 Å². The summed E-state index contributed by atoms with van der Waals surface area (Å²) in [6.45, 7) is 2.00. The lowest BCUT2D eigenvalue weighted by Crippen LogP contribution is -2.48. The normalized spacial score (nSPS) is 11.7. The van der Waals surface area contributed by atoms with Crippen LogP contribution in [0.4, 0.5) is 4.39 Å². The van der Waals surface area contributed by atoms with Gasteiger partial charge in [0.25, 0.3) is 0 Å². The molecule has 27 heavy (non-hydrogen) atoms. The number of hydrogen-bond acceptors (Lipinski definition) is 2. The van der Waals surface area contributed by atoms with Crippen LogP contribution in [0.15, 0.2) is 42.5 Å².